The molecule has 1 amide bonds. The Bertz CT molecular complexity index is 726. The predicted octanol–water partition coefficient (Wildman–Crippen LogP) is 2.49. The van der Waals surface area contributed by atoms with Crippen LogP contribution in [0.4, 0.5) is 0 Å². The Morgan fingerprint density at radius 2 is 2.17 bits per heavy atom. The molecule has 3 rings (SSSR count). The maximum atomic E-state index is 11.8. The number of carbonyl (C=O) groups is 1. The normalized spacial score (nSPS) is 13.5. The van der Waals surface area contributed by atoms with Crippen molar-refractivity contribution in [2.75, 3.05) is 6.61 Å². The fourth-order valence-electron chi connectivity index (χ4n) is 2.61. The Morgan fingerprint density at radius 1 is 1.30 bits per heavy atom. The molecule has 23 heavy (non-hydrogen) atoms. The third kappa shape index (κ3) is 3.94. The van der Waals surface area contributed by atoms with Gasteiger partial charge in [-0.15, -0.1) is 0 Å². The number of hydrogen-bond donors (Lipinski definition) is 1. The van der Waals surface area contributed by atoms with E-state index in [0.717, 1.165) is 24.2 Å². The van der Waals surface area contributed by atoms with E-state index in [1.807, 2.05) is 31.2 Å². The van der Waals surface area contributed by atoms with Crippen LogP contribution in [0.5, 0.6) is 5.75 Å². The van der Waals surface area contributed by atoms with Crippen LogP contribution in [-0.4, -0.2) is 23.2 Å². The highest BCUT2D eigenvalue weighted by atomic mass is 16.5. The van der Waals surface area contributed by atoms with Gasteiger partial charge in [-0.1, -0.05) is 12.1 Å². The van der Waals surface area contributed by atoms with Crippen LogP contribution in [0.2, 0.25) is 0 Å². The van der Waals surface area contributed by atoms with E-state index < -0.39 is 0 Å². The van der Waals surface area contributed by atoms with Gasteiger partial charge in [0.2, 0.25) is 0 Å². The topological polar surface area (TPSA) is 63.6 Å². The van der Waals surface area contributed by atoms with E-state index in [2.05, 4.69) is 21.6 Å². The van der Waals surface area contributed by atoms with Crippen LogP contribution < -0.4 is 10.2 Å². The molecule has 5 heteroatoms. The first-order chi connectivity index (χ1) is 11.2. The summed E-state index contributed by atoms with van der Waals surface area (Å²) in [7, 11) is 0. The molecule has 1 aliphatic carbocycles. The average Bonchev–Trinajstić information content (AvgIpc) is 3.06. The fraction of sp³-hybridized carbons (Fsp3) is 0.278. The maximum absolute atomic E-state index is 11.8. The lowest BCUT2D eigenvalue weighted by Gasteiger charge is -2.07. The van der Waals surface area contributed by atoms with Crippen molar-refractivity contribution in [2.24, 2.45) is 5.10 Å². The summed E-state index contributed by atoms with van der Waals surface area (Å²) in [5.41, 5.74) is 6.78. The molecule has 0 saturated carbocycles. The van der Waals surface area contributed by atoms with Gasteiger partial charge in [-0.3, -0.25) is 9.78 Å². The smallest absolute Gasteiger partial charge is 0.277 e. The quantitative estimate of drug-likeness (QED) is 0.682. The molecule has 0 atom stereocenters. The second-order valence-electron chi connectivity index (χ2n) is 5.55. The van der Waals surface area contributed by atoms with Crippen LogP contribution in [0.3, 0.4) is 0 Å². The minimum Gasteiger partial charge on any atom is -0.484 e. The number of aryl methyl sites for hydroxylation is 2. The van der Waals surface area contributed by atoms with Crippen molar-refractivity contribution in [3.63, 3.8) is 0 Å². The lowest BCUT2D eigenvalue weighted by atomic mass is 10.1. The number of ether oxygens (including phenoxy) is 1. The van der Waals surface area contributed by atoms with Crippen LogP contribution in [0.1, 0.15) is 30.0 Å². The van der Waals surface area contributed by atoms with Gasteiger partial charge in [0, 0.05) is 18.0 Å². The van der Waals surface area contributed by atoms with Crippen LogP contribution in [-0.2, 0) is 17.6 Å². The van der Waals surface area contributed by atoms with E-state index in [-0.39, 0.29) is 12.5 Å². The molecule has 0 unspecified atom stereocenters. The minimum atomic E-state index is -0.284. The van der Waals surface area contributed by atoms with E-state index in [1.165, 1.54) is 17.5 Å². The minimum absolute atomic E-state index is 0.0530. The van der Waals surface area contributed by atoms with E-state index in [4.69, 9.17) is 4.74 Å². The van der Waals surface area contributed by atoms with Gasteiger partial charge in [-0.2, -0.15) is 5.10 Å². The summed E-state index contributed by atoms with van der Waals surface area (Å²) in [4.78, 5) is 15.8. The van der Waals surface area contributed by atoms with E-state index in [1.54, 1.807) is 12.4 Å². The van der Waals surface area contributed by atoms with E-state index in [0.29, 0.717) is 5.71 Å². The molecule has 1 N–H and O–H groups in total. The Balaban J connectivity index is 1.52. The van der Waals surface area contributed by atoms with Crippen LogP contribution >= 0.6 is 0 Å². The predicted molar refractivity (Wildman–Crippen MR) is 88.6 cm³/mol. The number of fused-ring (bicyclic) bond motifs is 1. The number of carbonyl (C=O) groups excluding carboxylic acids is 1. The molecule has 1 aliphatic rings. The van der Waals surface area contributed by atoms with Crippen molar-refractivity contribution in [1.29, 1.82) is 0 Å². The zero-order chi connectivity index (χ0) is 16.1. The number of amides is 1. The average molecular weight is 309 g/mol. The number of hydrazone groups is 1. The number of hydrogen-bond acceptors (Lipinski definition) is 4. The number of nitrogens with zero attached hydrogens (tertiary/aromatic N) is 2. The monoisotopic (exact) mass is 309 g/mol. The summed E-state index contributed by atoms with van der Waals surface area (Å²) in [5.74, 6) is 0.447. The summed E-state index contributed by atoms with van der Waals surface area (Å²) >= 11 is 0. The van der Waals surface area contributed by atoms with Crippen molar-refractivity contribution < 1.29 is 9.53 Å². The Morgan fingerprint density at radius 3 is 3.00 bits per heavy atom. The first-order valence-electron chi connectivity index (χ1n) is 7.70. The number of pyridine rings is 1. The standard InChI is InChI=1S/C18H19N3O2/c1-13(16-6-3-9-19-11-16)20-21-18(22)12-23-17-8-7-14-4-2-5-15(14)10-17/h3,6-11H,2,4-5,12H2,1H3,(H,21,22)/b20-13+. The second kappa shape index (κ2) is 7.05. The van der Waals surface area contributed by atoms with Crippen LogP contribution in [0, 0.1) is 0 Å². The molecule has 0 aliphatic heterocycles. The number of aromatic nitrogens is 1. The molecular formula is C18H19N3O2. The van der Waals surface area contributed by atoms with Gasteiger partial charge >= 0.3 is 0 Å². The Labute approximate surface area is 135 Å². The summed E-state index contributed by atoms with van der Waals surface area (Å²) in [6, 6.07) is 9.74. The van der Waals surface area contributed by atoms with Crippen molar-refractivity contribution in [3.8, 4) is 5.75 Å². The van der Waals surface area contributed by atoms with Crippen molar-refractivity contribution in [1.82, 2.24) is 10.4 Å². The van der Waals surface area contributed by atoms with Gasteiger partial charge in [-0.05, 0) is 55.5 Å². The second-order valence-corrected chi connectivity index (χ2v) is 5.55. The molecule has 0 bridgehead atoms. The molecular weight excluding hydrogens is 290 g/mol. The summed E-state index contributed by atoms with van der Waals surface area (Å²) in [6.45, 7) is 1.77. The fourth-order valence-corrected chi connectivity index (χ4v) is 2.61. The largest absolute Gasteiger partial charge is 0.484 e. The molecule has 5 nitrogen and oxygen atoms in total. The third-order valence-electron chi connectivity index (χ3n) is 3.87. The molecule has 0 fully saturated rings. The molecule has 118 valence electrons. The highest BCUT2D eigenvalue weighted by Crippen LogP contribution is 2.25. The number of nitrogens with one attached hydrogen (secondary N) is 1. The number of rotatable bonds is 5. The molecule has 0 spiro atoms. The van der Waals surface area contributed by atoms with E-state index in [9.17, 15) is 4.79 Å². The maximum Gasteiger partial charge on any atom is 0.277 e. The van der Waals surface area contributed by atoms with Gasteiger partial charge in [0.1, 0.15) is 5.75 Å². The lowest BCUT2D eigenvalue weighted by Crippen LogP contribution is -2.25. The molecule has 1 aromatic heterocycles. The van der Waals surface area contributed by atoms with Crippen molar-refractivity contribution in [3.05, 3.63) is 59.4 Å². The molecule has 0 radical (unpaired) electrons. The third-order valence-corrected chi connectivity index (χ3v) is 3.87. The van der Waals surface area contributed by atoms with Gasteiger partial charge in [0.15, 0.2) is 6.61 Å². The zero-order valence-electron chi connectivity index (χ0n) is 13.1. The highest BCUT2D eigenvalue weighted by Gasteiger charge is 2.11. The molecule has 2 aromatic rings. The highest BCUT2D eigenvalue weighted by molar-refractivity contribution is 5.98. The van der Waals surface area contributed by atoms with Crippen molar-refractivity contribution >= 4 is 11.6 Å². The van der Waals surface area contributed by atoms with Crippen molar-refractivity contribution in [2.45, 2.75) is 26.2 Å². The summed E-state index contributed by atoms with van der Waals surface area (Å²) in [5, 5.41) is 4.06. The summed E-state index contributed by atoms with van der Waals surface area (Å²) in [6.07, 6.45) is 6.82. The molecule has 1 aromatic carbocycles. The molecule has 0 saturated heterocycles. The summed E-state index contributed by atoms with van der Waals surface area (Å²) < 4.78 is 5.54. The van der Waals surface area contributed by atoms with E-state index >= 15 is 0 Å². The van der Waals surface area contributed by atoms with Gasteiger partial charge < -0.3 is 4.74 Å². The zero-order valence-corrected chi connectivity index (χ0v) is 13.1. The SMILES string of the molecule is C/C(=N\NC(=O)COc1ccc2c(c1)CCC2)c1cccnc1. The first kappa shape index (κ1) is 15.2. The lowest BCUT2D eigenvalue weighted by molar-refractivity contribution is -0.123. The van der Waals surface area contributed by atoms with Crippen LogP contribution in [0.15, 0.2) is 47.8 Å². The Kier molecular flexibility index (Phi) is 4.66. The first-order valence-corrected chi connectivity index (χ1v) is 7.70. The Hall–Kier alpha value is -2.69. The van der Waals surface area contributed by atoms with Gasteiger partial charge in [0.05, 0.1) is 5.71 Å². The van der Waals surface area contributed by atoms with Gasteiger partial charge in [-0.25, -0.2) is 5.43 Å². The number of benzene rings is 1. The van der Waals surface area contributed by atoms with Crippen LogP contribution in [0.25, 0.3) is 0 Å². The van der Waals surface area contributed by atoms with Gasteiger partial charge in [0.25, 0.3) is 5.91 Å². The molecule has 1 heterocycles.